The number of benzene rings is 1. The minimum Gasteiger partial charge on any atom is -0.466 e. The molecule has 0 fully saturated rings. The van der Waals surface area contributed by atoms with Gasteiger partial charge in [0, 0.05) is 5.56 Å². The van der Waals surface area contributed by atoms with Gasteiger partial charge in [-0.1, -0.05) is 46.8 Å². The monoisotopic (exact) mass is 413 g/mol. The second-order valence-corrected chi connectivity index (χ2v) is 8.79. The number of hydrazine groups is 1. The van der Waals surface area contributed by atoms with E-state index in [1.807, 2.05) is 26.0 Å². The van der Waals surface area contributed by atoms with Crippen LogP contribution in [0.3, 0.4) is 0 Å². The third-order valence-electron chi connectivity index (χ3n) is 4.83. The van der Waals surface area contributed by atoms with Crippen LogP contribution in [0.25, 0.3) is 0 Å². The number of carbonyl (C=O) groups is 3. The summed E-state index contributed by atoms with van der Waals surface area (Å²) in [5, 5.41) is 2.75. The molecule has 0 bridgehead atoms. The van der Waals surface area contributed by atoms with Crippen molar-refractivity contribution in [1.82, 2.24) is 16.2 Å². The van der Waals surface area contributed by atoms with Gasteiger partial charge in [-0.3, -0.25) is 25.2 Å². The number of amides is 3. The fourth-order valence-electron chi connectivity index (χ4n) is 3.00. The van der Waals surface area contributed by atoms with Gasteiger partial charge in [0.05, 0.1) is 5.56 Å². The highest BCUT2D eigenvalue weighted by molar-refractivity contribution is 5.99. The number of hydrogen-bond donors (Lipinski definition) is 3. The molecule has 1 aromatic carbocycles. The van der Waals surface area contributed by atoms with E-state index in [4.69, 9.17) is 4.42 Å². The first-order chi connectivity index (χ1) is 13.9. The number of nitrogens with one attached hydrogen (secondary N) is 3. The lowest BCUT2D eigenvalue weighted by atomic mass is 9.86. The second-order valence-electron chi connectivity index (χ2n) is 8.79. The highest BCUT2D eigenvalue weighted by Crippen LogP contribution is 2.22. The SMILES string of the molecule is Cc1cc(C(=O)NNC(=O)C(NC(=O)c2ccc(C(C)(C)C)cc2)C(C)C)c(C)o1. The maximum atomic E-state index is 12.6. The normalized spacial score (nSPS) is 12.4. The lowest BCUT2D eigenvalue weighted by molar-refractivity contribution is -0.124. The molecule has 0 saturated carbocycles. The molecule has 2 rings (SSSR count). The quantitative estimate of drug-likeness (QED) is 0.654. The van der Waals surface area contributed by atoms with E-state index >= 15 is 0 Å². The first-order valence-corrected chi connectivity index (χ1v) is 9.98. The van der Waals surface area contributed by atoms with Crippen molar-refractivity contribution in [2.75, 3.05) is 0 Å². The highest BCUT2D eigenvalue weighted by Gasteiger charge is 2.26. The summed E-state index contributed by atoms with van der Waals surface area (Å²) < 4.78 is 5.33. The summed E-state index contributed by atoms with van der Waals surface area (Å²) in [6.45, 7) is 13.3. The predicted octanol–water partition coefficient (Wildman–Crippen LogP) is 3.41. The molecule has 0 aliphatic carbocycles. The van der Waals surface area contributed by atoms with Gasteiger partial charge >= 0.3 is 0 Å². The smallest absolute Gasteiger partial charge is 0.273 e. The van der Waals surface area contributed by atoms with Gasteiger partial charge in [-0.25, -0.2) is 0 Å². The Hall–Kier alpha value is -3.09. The molecule has 1 heterocycles. The highest BCUT2D eigenvalue weighted by atomic mass is 16.3. The van der Waals surface area contributed by atoms with Crippen LogP contribution in [0.2, 0.25) is 0 Å². The summed E-state index contributed by atoms with van der Waals surface area (Å²) >= 11 is 0. The molecule has 0 aliphatic rings. The van der Waals surface area contributed by atoms with Crippen molar-refractivity contribution < 1.29 is 18.8 Å². The Bertz CT molecular complexity index is 921. The molecule has 1 aromatic heterocycles. The van der Waals surface area contributed by atoms with Gasteiger partial charge in [-0.2, -0.15) is 0 Å². The molecule has 0 aliphatic heterocycles. The number of hydrogen-bond acceptors (Lipinski definition) is 4. The molecule has 30 heavy (non-hydrogen) atoms. The number of carbonyl (C=O) groups excluding carboxylic acids is 3. The summed E-state index contributed by atoms with van der Waals surface area (Å²) in [7, 11) is 0. The zero-order valence-corrected chi connectivity index (χ0v) is 18.7. The van der Waals surface area contributed by atoms with Gasteiger partial charge in [0.25, 0.3) is 17.7 Å². The van der Waals surface area contributed by atoms with Crippen LogP contribution >= 0.6 is 0 Å². The summed E-state index contributed by atoms with van der Waals surface area (Å²) in [6.07, 6.45) is 0. The molecule has 2 aromatic rings. The molecule has 3 N–H and O–H groups in total. The van der Waals surface area contributed by atoms with Crippen LogP contribution < -0.4 is 16.2 Å². The van der Waals surface area contributed by atoms with Crippen molar-refractivity contribution in [3.63, 3.8) is 0 Å². The Morgan fingerprint density at radius 3 is 2.00 bits per heavy atom. The standard InChI is InChI=1S/C23H31N3O4/c1-13(2)19(22(29)26-25-21(28)18-12-14(3)30-15(18)4)24-20(27)16-8-10-17(11-9-16)23(5,6)7/h8-13,19H,1-7H3,(H,24,27)(H,25,28)(H,26,29). The maximum absolute atomic E-state index is 12.6. The molecule has 7 heteroatoms. The molecule has 7 nitrogen and oxygen atoms in total. The van der Waals surface area contributed by atoms with E-state index < -0.39 is 17.9 Å². The van der Waals surface area contributed by atoms with Crippen molar-refractivity contribution in [1.29, 1.82) is 0 Å². The molecular weight excluding hydrogens is 382 g/mol. The van der Waals surface area contributed by atoms with Gasteiger partial charge in [0.2, 0.25) is 0 Å². The van der Waals surface area contributed by atoms with E-state index in [1.54, 1.807) is 32.0 Å². The number of rotatable bonds is 5. The van der Waals surface area contributed by atoms with Crippen LogP contribution in [0, 0.1) is 19.8 Å². The lowest BCUT2D eigenvalue weighted by Crippen LogP contribution is -2.54. The summed E-state index contributed by atoms with van der Waals surface area (Å²) in [5.74, 6) is -0.449. The van der Waals surface area contributed by atoms with Gasteiger partial charge in [0.1, 0.15) is 17.6 Å². The third kappa shape index (κ3) is 5.72. The molecule has 1 unspecified atom stereocenters. The van der Waals surface area contributed by atoms with Crippen LogP contribution in [0.5, 0.6) is 0 Å². The lowest BCUT2D eigenvalue weighted by Gasteiger charge is -2.22. The van der Waals surface area contributed by atoms with Gasteiger partial charge in [-0.05, 0) is 48.9 Å². The molecule has 3 amide bonds. The Kier molecular flexibility index (Phi) is 7.08. The van der Waals surface area contributed by atoms with Gasteiger partial charge in [-0.15, -0.1) is 0 Å². The zero-order valence-electron chi connectivity index (χ0n) is 18.7. The van der Waals surface area contributed by atoms with Crippen molar-refractivity contribution in [3.8, 4) is 0 Å². The molecule has 162 valence electrons. The van der Waals surface area contributed by atoms with E-state index in [-0.39, 0.29) is 17.2 Å². The molecular formula is C23H31N3O4. The van der Waals surface area contributed by atoms with E-state index in [0.29, 0.717) is 22.6 Å². The second kappa shape index (κ2) is 9.15. The average Bonchev–Trinajstić information content (AvgIpc) is 3.01. The summed E-state index contributed by atoms with van der Waals surface area (Å²) in [4.78, 5) is 37.5. The zero-order chi connectivity index (χ0) is 22.6. The topological polar surface area (TPSA) is 100 Å². The average molecular weight is 414 g/mol. The Morgan fingerprint density at radius 1 is 0.933 bits per heavy atom. The largest absolute Gasteiger partial charge is 0.466 e. The van der Waals surface area contributed by atoms with E-state index in [2.05, 4.69) is 36.9 Å². The van der Waals surface area contributed by atoms with Crippen LogP contribution in [0.1, 0.15) is 72.4 Å². The van der Waals surface area contributed by atoms with E-state index in [9.17, 15) is 14.4 Å². The predicted molar refractivity (Wildman–Crippen MR) is 115 cm³/mol. The van der Waals surface area contributed by atoms with Gasteiger partial charge < -0.3 is 9.73 Å². The van der Waals surface area contributed by atoms with E-state index in [1.165, 1.54) is 0 Å². The minimum atomic E-state index is -0.813. The fraction of sp³-hybridized carbons (Fsp3) is 0.435. The fourth-order valence-corrected chi connectivity index (χ4v) is 3.00. The first kappa shape index (κ1) is 23.2. The van der Waals surface area contributed by atoms with Crippen LogP contribution in [0.15, 0.2) is 34.7 Å². The molecule has 0 radical (unpaired) electrons. The van der Waals surface area contributed by atoms with Crippen LogP contribution in [-0.4, -0.2) is 23.8 Å². The van der Waals surface area contributed by atoms with Crippen molar-refractivity contribution in [2.24, 2.45) is 5.92 Å². The van der Waals surface area contributed by atoms with Crippen molar-refractivity contribution in [2.45, 2.75) is 59.9 Å². The van der Waals surface area contributed by atoms with Crippen molar-refractivity contribution >= 4 is 17.7 Å². The van der Waals surface area contributed by atoms with Crippen molar-refractivity contribution in [3.05, 3.63) is 58.5 Å². The Labute approximate surface area is 177 Å². The third-order valence-corrected chi connectivity index (χ3v) is 4.83. The first-order valence-electron chi connectivity index (χ1n) is 9.98. The molecule has 0 saturated heterocycles. The molecule has 1 atom stereocenters. The number of furan rings is 1. The Balaban J connectivity index is 2.02. The van der Waals surface area contributed by atoms with Gasteiger partial charge in [0.15, 0.2) is 0 Å². The maximum Gasteiger partial charge on any atom is 0.273 e. The Morgan fingerprint density at radius 2 is 1.53 bits per heavy atom. The summed E-state index contributed by atoms with van der Waals surface area (Å²) in [5.41, 5.74) is 6.68. The molecule has 0 spiro atoms. The summed E-state index contributed by atoms with van der Waals surface area (Å²) in [6, 6.07) is 8.10. The van der Waals surface area contributed by atoms with Crippen LogP contribution in [0.4, 0.5) is 0 Å². The van der Waals surface area contributed by atoms with Crippen LogP contribution in [-0.2, 0) is 10.2 Å². The number of aryl methyl sites for hydroxylation is 2. The van der Waals surface area contributed by atoms with E-state index in [0.717, 1.165) is 5.56 Å². The minimum absolute atomic E-state index is 0.0144.